The van der Waals surface area contributed by atoms with Crippen LogP contribution in [0.25, 0.3) is 11.3 Å². The molecule has 0 saturated heterocycles. The predicted molar refractivity (Wildman–Crippen MR) is 97.4 cm³/mol. The van der Waals surface area contributed by atoms with Crippen LogP contribution in [0.15, 0.2) is 60.0 Å². The molecule has 1 N–H and O–H groups in total. The lowest BCUT2D eigenvalue weighted by molar-refractivity contribution is -0.122. The third-order valence-corrected chi connectivity index (χ3v) is 4.27. The zero-order chi connectivity index (χ0) is 16.9. The van der Waals surface area contributed by atoms with Gasteiger partial charge in [0.1, 0.15) is 5.75 Å². The van der Waals surface area contributed by atoms with Crippen molar-refractivity contribution in [3.8, 4) is 17.0 Å². The van der Waals surface area contributed by atoms with E-state index in [-0.39, 0.29) is 5.91 Å². The summed E-state index contributed by atoms with van der Waals surface area (Å²) in [5.41, 5.74) is 2.72. The minimum Gasteiger partial charge on any atom is -0.481 e. The minimum absolute atomic E-state index is 0.184. The lowest BCUT2D eigenvalue weighted by Gasteiger charge is -2.14. The molecule has 1 aromatic heterocycles. The van der Waals surface area contributed by atoms with Gasteiger partial charge in [0, 0.05) is 16.6 Å². The average molecular weight is 338 g/mol. The summed E-state index contributed by atoms with van der Waals surface area (Å²) in [5, 5.41) is 5.93. The van der Waals surface area contributed by atoms with Gasteiger partial charge in [-0.05, 0) is 38.1 Å². The molecule has 3 aromatic rings. The van der Waals surface area contributed by atoms with E-state index in [2.05, 4.69) is 10.3 Å². The summed E-state index contributed by atoms with van der Waals surface area (Å²) in [6, 6.07) is 17.0. The second-order valence-electron chi connectivity index (χ2n) is 5.39. The molecule has 0 aliphatic heterocycles. The zero-order valence-corrected chi connectivity index (χ0v) is 14.3. The largest absolute Gasteiger partial charge is 0.481 e. The molecule has 24 heavy (non-hydrogen) atoms. The highest BCUT2D eigenvalue weighted by atomic mass is 32.1. The molecule has 0 fully saturated rings. The van der Waals surface area contributed by atoms with E-state index in [0.29, 0.717) is 5.75 Å². The van der Waals surface area contributed by atoms with E-state index in [1.54, 1.807) is 18.3 Å². The number of carbonyl (C=O) groups excluding carboxylic acids is 1. The molecule has 0 aliphatic carbocycles. The lowest BCUT2D eigenvalue weighted by atomic mass is 10.1. The SMILES string of the molecule is Cc1nc(-c2ccc(NC(=O)[C@@H](C)Oc3ccccc3)cc2)cs1. The highest BCUT2D eigenvalue weighted by Crippen LogP contribution is 2.23. The van der Waals surface area contributed by atoms with E-state index in [4.69, 9.17) is 4.74 Å². The number of benzene rings is 2. The van der Waals surface area contributed by atoms with Crippen LogP contribution in [0.1, 0.15) is 11.9 Å². The fourth-order valence-corrected chi connectivity index (χ4v) is 2.84. The van der Waals surface area contributed by atoms with Crippen LogP contribution in [0.2, 0.25) is 0 Å². The fourth-order valence-electron chi connectivity index (χ4n) is 2.22. The van der Waals surface area contributed by atoms with Crippen molar-refractivity contribution in [2.24, 2.45) is 0 Å². The highest BCUT2D eigenvalue weighted by Gasteiger charge is 2.14. The second kappa shape index (κ2) is 7.27. The van der Waals surface area contributed by atoms with Gasteiger partial charge in [-0.3, -0.25) is 4.79 Å². The molecular formula is C19H18N2O2S. The number of anilines is 1. The normalized spacial score (nSPS) is 11.8. The van der Waals surface area contributed by atoms with Gasteiger partial charge in [0.05, 0.1) is 10.7 Å². The molecule has 122 valence electrons. The quantitative estimate of drug-likeness (QED) is 0.744. The number of nitrogens with zero attached hydrogens (tertiary/aromatic N) is 1. The Bertz CT molecular complexity index is 813. The number of rotatable bonds is 5. The first-order valence-corrected chi connectivity index (χ1v) is 8.55. The Kier molecular flexibility index (Phi) is 4.91. The monoisotopic (exact) mass is 338 g/mol. The predicted octanol–water partition coefficient (Wildman–Crippen LogP) is 4.52. The Hall–Kier alpha value is -2.66. The molecule has 1 atom stereocenters. The molecule has 0 spiro atoms. The summed E-state index contributed by atoms with van der Waals surface area (Å²) < 4.78 is 5.62. The number of aryl methyl sites for hydroxylation is 1. The maximum absolute atomic E-state index is 12.2. The van der Waals surface area contributed by atoms with E-state index < -0.39 is 6.10 Å². The fraction of sp³-hybridized carbons (Fsp3) is 0.158. The van der Waals surface area contributed by atoms with Gasteiger partial charge in [-0.2, -0.15) is 0 Å². The Balaban J connectivity index is 1.62. The Morgan fingerprint density at radius 3 is 2.46 bits per heavy atom. The van der Waals surface area contributed by atoms with E-state index >= 15 is 0 Å². The number of ether oxygens (including phenoxy) is 1. The molecule has 3 rings (SSSR count). The van der Waals surface area contributed by atoms with E-state index in [9.17, 15) is 4.79 Å². The molecule has 0 saturated carbocycles. The van der Waals surface area contributed by atoms with Crippen molar-refractivity contribution in [1.82, 2.24) is 4.98 Å². The smallest absolute Gasteiger partial charge is 0.265 e. The van der Waals surface area contributed by atoms with Gasteiger partial charge in [-0.15, -0.1) is 11.3 Å². The second-order valence-corrected chi connectivity index (χ2v) is 6.45. The summed E-state index contributed by atoms with van der Waals surface area (Å²) in [6.07, 6.45) is -0.576. The number of hydrogen-bond donors (Lipinski definition) is 1. The molecule has 5 heteroatoms. The summed E-state index contributed by atoms with van der Waals surface area (Å²) >= 11 is 1.62. The van der Waals surface area contributed by atoms with Crippen LogP contribution in [-0.2, 0) is 4.79 Å². The molecule has 0 radical (unpaired) electrons. The van der Waals surface area contributed by atoms with Gasteiger partial charge < -0.3 is 10.1 Å². The number of carbonyl (C=O) groups is 1. The molecule has 0 unspecified atom stereocenters. The first kappa shape index (κ1) is 16.2. The Labute approximate surface area is 145 Å². The maximum atomic E-state index is 12.2. The molecule has 0 bridgehead atoms. The maximum Gasteiger partial charge on any atom is 0.265 e. The molecule has 1 heterocycles. The summed E-state index contributed by atoms with van der Waals surface area (Å²) in [5.74, 6) is 0.491. The molecular weight excluding hydrogens is 320 g/mol. The molecule has 4 nitrogen and oxygen atoms in total. The third-order valence-electron chi connectivity index (χ3n) is 3.49. The van der Waals surface area contributed by atoms with Crippen molar-refractivity contribution in [2.45, 2.75) is 20.0 Å². The number of aromatic nitrogens is 1. The molecule has 1 amide bonds. The van der Waals surface area contributed by atoms with Crippen LogP contribution in [-0.4, -0.2) is 17.0 Å². The van der Waals surface area contributed by atoms with E-state index in [1.165, 1.54) is 0 Å². The van der Waals surface area contributed by atoms with Gasteiger partial charge >= 0.3 is 0 Å². The van der Waals surface area contributed by atoms with Crippen molar-refractivity contribution >= 4 is 22.9 Å². The van der Waals surface area contributed by atoms with Gasteiger partial charge in [0.2, 0.25) is 0 Å². The summed E-state index contributed by atoms with van der Waals surface area (Å²) in [4.78, 5) is 16.7. The van der Waals surface area contributed by atoms with Gasteiger partial charge in [-0.25, -0.2) is 4.98 Å². The molecule has 2 aromatic carbocycles. The van der Waals surface area contributed by atoms with Crippen molar-refractivity contribution in [3.63, 3.8) is 0 Å². The van der Waals surface area contributed by atoms with E-state index in [1.807, 2.05) is 66.9 Å². The first-order chi connectivity index (χ1) is 11.6. The number of para-hydroxylation sites is 1. The van der Waals surface area contributed by atoms with Gasteiger partial charge in [0.25, 0.3) is 5.91 Å². The highest BCUT2D eigenvalue weighted by molar-refractivity contribution is 7.09. The number of hydrogen-bond acceptors (Lipinski definition) is 4. The third kappa shape index (κ3) is 4.00. The first-order valence-electron chi connectivity index (χ1n) is 7.67. The Morgan fingerprint density at radius 1 is 1.12 bits per heavy atom. The topological polar surface area (TPSA) is 51.2 Å². The summed E-state index contributed by atoms with van der Waals surface area (Å²) in [7, 11) is 0. The van der Waals surface area contributed by atoms with Crippen molar-refractivity contribution in [1.29, 1.82) is 0 Å². The minimum atomic E-state index is -0.576. The van der Waals surface area contributed by atoms with Crippen LogP contribution in [0.5, 0.6) is 5.75 Å². The van der Waals surface area contributed by atoms with Crippen molar-refractivity contribution in [3.05, 3.63) is 65.0 Å². The molecule has 0 aliphatic rings. The van der Waals surface area contributed by atoms with Crippen LogP contribution in [0.4, 0.5) is 5.69 Å². The summed E-state index contributed by atoms with van der Waals surface area (Å²) in [6.45, 7) is 3.71. The Morgan fingerprint density at radius 2 is 1.83 bits per heavy atom. The van der Waals surface area contributed by atoms with Crippen LogP contribution >= 0.6 is 11.3 Å². The van der Waals surface area contributed by atoms with Crippen LogP contribution < -0.4 is 10.1 Å². The van der Waals surface area contributed by atoms with Crippen LogP contribution in [0, 0.1) is 6.92 Å². The zero-order valence-electron chi connectivity index (χ0n) is 13.5. The standard InChI is InChI=1S/C19H18N2O2S/c1-13(23-17-6-4-3-5-7-17)19(22)21-16-10-8-15(9-11-16)18-12-24-14(2)20-18/h3-13H,1-2H3,(H,21,22)/t13-/m1/s1. The van der Waals surface area contributed by atoms with Gasteiger partial charge in [0.15, 0.2) is 6.10 Å². The number of thiazole rings is 1. The lowest BCUT2D eigenvalue weighted by Crippen LogP contribution is -2.30. The van der Waals surface area contributed by atoms with Crippen molar-refractivity contribution < 1.29 is 9.53 Å². The van der Waals surface area contributed by atoms with Crippen LogP contribution in [0.3, 0.4) is 0 Å². The number of nitrogens with one attached hydrogen (secondary N) is 1. The average Bonchev–Trinajstić information content (AvgIpc) is 3.03. The van der Waals surface area contributed by atoms with E-state index in [0.717, 1.165) is 22.0 Å². The van der Waals surface area contributed by atoms with Gasteiger partial charge in [-0.1, -0.05) is 30.3 Å². The van der Waals surface area contributed by atoms with Crippen molar-refractivity contribution in [2.75, 3.05) is 5.32 Å². The number of amides is 1.